The van der Waals surface area contributed by atoms with E-state index in [1.165, 1.54) is 0 Å². The molecule has 2 N–H and O–H groups in total. The van der Waals surface area contributed by atoms with Gasteiger partial charge < -0.3 is 10.5 Å². The van der Waals surface area contributed by atoms with Crippen molar-refractivity contribution < 1.29 is 4.74 Å². The van der Waals surface area contributed by atoms with Gasteiger partial charge in [-0.05, 0) is 24.6 Å². The van der Waals surface area contributed by atoms with E-state index in [-0.39, 0.29) is 5.95 Å². The van der Waals surface area contributed by atoms with E-state index in [0.29, 0.717) is 12.5 Å². The molecule has 88 valence electrons. The first kappa shape index (κ1) is 11.9. The number of halogens is 1. The molecular formula is C12H12BrN3O. The van der Waals surface area contributed by atoms with Gasteiger partial charge in [-0.3, -0.25) is 0 Å². The Balaban J connectivity index is 2.07. The molecule has 0 aliphatic heterocycles. The van der Waals surface area contributed by atoms with Crippen LogP contribution in [0.2, 0.25) is 0 Å². The quantitative estimate of drug-likeness (QED) is 0.945. The van der Waals surface area contributed by atoms with Crippen LogP contribution >= 0.6 is 15.9 Å². The van der Waals surface area contributed by atoms with Gasteiger partial charge in [-0.15, -0.1) is 0 Å². The maximum absolute atomic E-state index is 5.56. The first-order valence-corrected chi connectivity index (χ1v) is 5.91. The minimum absolute atomic E-state index is 0.231. The van der Waals surface area contributed by atoms with Crippen LogP contribution in [0, 0.1) is 6.92 Å². The lowest BCUT2D eigenvalue weighted by atomic mass is 10.2. The summed E-state index contributed by atoms with van der Waals surface area (Å²) in [6.45, 7) is 2.30. The molecule has 5 heteroatoms. The van der Waals surface area contributed by atoms with Crippen LogP contribution < -0.4 is 10.5 Å². The van der Waals surface area contributed by atoms with Crippen LogP contribution in [0.25, 0.3) is 0 Å². The van der Waals surface area contributed by atoms with Crippen LogP contribution in [0.15, 0.2) is 34.8 Å². The van der Waals surface area contributed by atoms with Gasteiger partial charge in [-0.2, -0.15) is 4.98 Å². The zero-order valence-electron chi connectivity index (χ0n) is 9.35. The molecule has 0 unspecified atom stereocenters. The number of aromatic nitrogens is 2. The molecule has 1 aromatic heterocycles. The predicted octanol–water partition coefficient (Wildman–Crippen LogP) is 2.71. The largest absolute Gasteiger partial charge is 0.473 e. The van der Waals surface area contributed by atoms with E-state index in [0.717, 1.165) is 15.7 Å². The number of aryl methyl sites for hydroxylation is 1. The topological polar surface area (TPSA) is 61.0 Å². The van der Waals surface area contributed by atoms with Gasteiger partial charge in [0.25, 0.3) is 0 Å². The lowest BCUT2D eigenvalue weighted by Crippen LogP contribution is -2.02. The van der Waals surface area contributed by atoms with Crippen LogP contribution in [0.3, 0.4) is 0 Å². The summed E-state index contributed by atoms with van der Waals surface area (Å²) in [5.41, 5.74) is 7.40. The van der Waals surface area contributed by atoms with Crippen molar-refractivity contribution in [2.45, 2.75) is 13.5 Å². The summed E-state index contributed by atoms with van der Waals surface area (Å²) in [6.07, 6.45) is 0. The molecule has 0 saturated carbocycles. The summed E-state index contributed by atoms with van der Waals surface area (Å²) < 4.78 is 6.58. The highest BCUT2D eigenvalue weighted by Gasteiger charge is 2.01. The normalized spacial score (nSPS) is 10.2. The van der Waals surface area contributed by atoms with Crippen molar-refractivity contribution in [1.82, 2.24) is 9.97 Å². The van der Waals surface area contributed by atoms with Gasteiger partial charge in [0.05, 0.1) is 0 Å². The van der Waals surface area contributed by atoms with Crippen molar-refractivity contribution in [3.63, 3.8) is 0 Å². The van der Waals surface area contributed by atoms with E-state index in [1.807, 2.05) is 31.2 Å². The van der Waals surface area contributed by atoms with Crippen molar-refractivity contribution in [2.75, 3.05) is 5.73 Å². The van der Waals surface area contributed by atoms with E-state index in [2.05, 4.69) is 25.9 Å². The Morgan fingerprint density at radius 2 is 2.12 bits per heavy atom. The fourth-order valence-electron chi connectivity index (χ4n) is 1.42. The Bertz CT molecular complexity index is 511. The zero-order valence-corrected chi connectivity index (χ0v) is 10.9. The molecule has 1 aromatic carbocycles. The van der Waals surface area contributed by atoms with Crippen molar-refractivity contribution in [3.05, 3.63) is 46.1 Å². The number of rotatable bonds is 3. The summed E-state index contributed by atoms with van der Waals surface area (Å²) in [5.74, 6) is 0.726. The number of ether oxygens (including phenoxy) is 1. The van der Waals surface area contributed by atoms with E-state index in [1.54, 1.807) is 6.07 Å². The Kier molecular flexibility index (Phi) is 3.58. The van der Waals surface area contributed by atoms with Gasteiger partial charge in [-0.1, -0.05) is 28.1 Å². The molecule has 0 atom stereocenters. The maximum Gasteiger partial charge on any atom is 0.223 e. The Morgan fingerprint density at radius 3 is 2.82 bits per heavy atom. The van der Waals surface area contributed by atoms with Crippen molar-refractivity contribution in [1.29, 1.82) is 0 Å². The van der Waals surface area contributed by atoms with Crippen LogP contribution in [0.4, 0.5) is 5.95 Å². The monoisotopic (exact) mass is 293 g/mol. The van der Waals surface area contributed by atoms with Crippen molar-refractivity contribution >= 4 is 21.9 Å². The second-order valence-corrected chi connectivity index (χ2v) is 4.54. The van der Waals surface area contributed by atoms with Crippen molar-refractivity contribution in [2.24, 2.45) is 0 Å². The molecular weight excluding hydrogens is 282 g/mol. The first-order valence-electron chi connectivity index (χ1n) is 5.12. The number of anilines is 1. The predicted molar refractivity (Wildman–Crippen MR) is 69.7 cm³/mol. The molecule has 0 saturated heterocycles. The minimum Gasteiger partial charge on any atom is -0.473 e. The van der Waals surface area contributed by atoms with Gasteiger partial charge in [0.1, 0.15) is 6.61 Å². The molecule has 0 radical (unpaired) electrons. The average Bonchev–Trinajstić information content (AvgIpc) is 2.25. The molecule has 0 fully saturated rings. The summed E-state index contributed by atoms with van der Waals surface area (Å²) in [6, 6.07) is 9.67. The second-order valence-electron chi connectivity index (χ2n) is 3.62. The minimum atomic E-state index is 0.231. The summed E-state index contributed by atoms with van der Waals surface area (Å²) in [7, 11) is 0. The lowest BCUT2D eigenvalue weighted by Gasteiger charge is -2.06. The third-order valence-electron chi connectivity index (χ3n) is 2.12. The third-order valence-corrected chi connectivity index (χ3v) is 2.62. The van der Waals surface area contributed by atoms with E-state index in [9.17, 15) is 0 Å². The van der Waals surface area contributed by atoms with Crippen LogP contribution in [0.5, 0.6) is 5.88 Å². The Labute approximate surface area is 108 Å². The van der Waals surface area contributed by atoms with Crippen LogP contribution in [-0.2, 0) is 6.61 Å². The molecule has 1 heterocycles. The number of benzene rings is 1. The molecule has 4 nitrogen and oxygen atoms in total. The van der Waals surface area contributed by atoms with E-state index < -0.39 is 0 Å². The molecule has 2 aromatic rings. The van der Waals surface area contributed by atoms with Crippen LogP contribution in [0.1, 0.15) is 11.3 Å². The number of nitrogen functional groups attached to an aromatic ring is 1. The van der Waals surface area contributed by atoms with Gasteiger partial charge in [0.15, 0.2) is 0 Å². The lowest BCUT2D eigenvalue weighted by molar-refractivity contribution is 0.293. The molecule has 0 spiro atoms. The molecule has 17 heavy (non-hydrogen) atoms. The Hall–Kier alpha value is -1.62. The maximum atomic E-state index is 5.56. The summed E-state index contributed by atoms with van der Waals surface area (Å²) in [5, 5.41) is 0. The molecule has 0 aliphatic carbocycles. The van der Waals surface area contributed by atoms with Crippen molar-refractivity contribution in [3.8, 4) is 5.88 Å². The van der Waals surface area contributed by atoms with E-state index >= 15 is 0 Å². The fourth-order valence-corrected chi connectivity index (χ4v) is 1.87. The van der Waals surface area contributed by atoms with Gasteiger partial charge in [-0.25, -0.2) is 4.98 Å². The van der Waals surface area contributed by atoms with E-state index in [4.69, 9.17) is 10.5 Å². The smallest absolute Gasteiger partial charge is 0.223 e. The standard InChI is InChI=1S/C12H12BrN3O/c1-8-5-11(16-12(14)15-8)17-7-9-3-2-4-10(13)6-9/h2-6H,7H2,1H3,(H2,14,15,16). The molecule has 0 bridgehead atoms. The number of nitrogens with zero attached hydrogens (tertiary/aromatic N) is 2. The molecule has 0 aliphatic rings. The molecule has 2 rings (SSSR count). The van der Waals surface area contributed by atoms with Gasteiger partial charge >= 0.3 is 0 Å². The van der Waals surface area contributed by atoms with Gasteiger partial charge in [0, 0.05) is 16.2 Å². The fraction of sp³-hybridized carbons (Fsp3) is 0.167. The number of hydrogen-bond donors (Lipinski definition) is 1. The van der Waals surface area contributed by atoms with Crippen LogP contribution in [-0.4, -0.2) is 9.97 Å². The number of hydrogen-bond acceptors (Lipinski definition) is 4. The highest BCUT2D eigenvalue weighted by molar-refractivity contribution is 9.10. The highest BCUT2D eigenvalue weighted by Crippen LogP contribution is 2.15. The second kappa shape index (κ2) is 5.14. The Morgan fingerprint density at radius 1 is 1.29 bits per heavy atom. The molecule has 0 amide bonds. The zero-order chi connectivity index (χ0) is 12.3. The van der Waals surface area contributed by atoms with Gasteiger partial charge in [0.2, 0.25) is 11.8 Å². The highest BCUT2D eigenvalue weighted by atomic mass is 79.9. The SMILES string of the molecule is Cc1cc(OCc2cccc(Br)c2)nc(N)n1. The average molecular weight is 294 g/mol. The summed E-state index contributed by atoms with van der Waals surface area (Å²) in [4.78, 5) is 7.99. The number of nitrogens with two attached hydrogens (primary N) is 1. The summed E-state index contributed by atoms with van der Waals surface area (Å²) >= 11 is 3.41. The first-order chi connectivity index (χ1) is 8.13. The third kappa shape index (κ3) is 3.42.